The van der Waals surface area contributed by atoms with E-state index in [9.17, 15) is 13.2 Å². The molecule has 2 saturated carbocycles. The maximum Gasteiger partial charge on any atom is 0.264 e. The molecule has 0 heterocycles. The average Bonchev–Trinajstić information content (AvgIpc) is 3.35. The summed E-state index contributed by atoms with van der Waals surface area (Å²) in [7, 11) is -2.57. The molecule has 6 nitrogen and oxygen atoms in total. The third-order valence-electron chi connectivity index (χ3n) is 6.39. The van der Waals surface area contributed by atoms with E-state index in [0.717, 1.165) is 29.1 Å². The second kappa shape index (κ2) is 8.71. The van der Waals surface area contributed by atoms with Crippen molar-refractivity contribution in [3.63, 3.8) is 0 Å². The van der Waals surface area contributed by atoms with E-state index >= 15 is 0 Å². The number of halogens is 1. The molecule has 2 aliphatic rings. The van der Waals surface area contributed by atoms with Crippen LogP contribution < -0.4 is 14.4 Å². The largest absolute Gasteiger partial charge is 0.495 e. The Morgan fingerprint density at radius 1 is 1.16 bits per heavy atom. The SMILES string of the molecule is COc1ccc(Cl)cc1N(CC(=O)N[C@@H]1C[C@H]2CC[C@@H]1C2)S(=O)(=O)c1ccc(C)cc1. The summed E-state index contributed by atoms with van der Waals surface area (Å²) in [5, 5.41) is 3.43. The fourth-order valence-electron chi connectivity index (χ4n) is 4.80. The lowest BCUT2D eigenvalue weighted by molar-refractivity contribution is -0.120. The summed E-state index contributed by atoms with van der Waals surface area (Å²) in [6, 6.07) is 11.4. The maximum absolute atomic E-state index is 13.6. The summed E-state index contributed by atoms with van der Waals surface area (Å²) in [6.07, 6.45) is 4.48. The number of nitrogens with one attached hydrogen (secondary N) is 1. The van der Waals surface area contributed by atoms with E-state index in [0.29, 0.717) is 22.6 Å². The molecule has 2 fully saturated rings. The average molecular weight is 463 g/mol. The zero-order valence-electron chi connectivity index (χ0n) is 17.7. The number of amides is 1. The van der Waals surface area contributed by atoms with Gasteiger partial charge in [-0.05, 0) is 68.4 Å². The van der Waals surface area contributed by atoms with Crippen molar-refractivity contribution in [2.75, 3.05) is 18.0 Å². The van der Waals surface area contributed by atoms with E-state index < -0.39 is 10.0 Å². The summed E-state index contributed by atoms with van der Waals surface area (Å²) in [4.78, 5) is 13.1. The number of ether oxygens (including phenoxy) is 1. The van der Waals surface area contributed by atoms with Crippen LogP contribution in [0.3, 0.4) is 0 Å². The highest BCUT2D eigenvalue weighted by Crippen LogP contribution is 2.44. The highest BCUT2D eigenvalue weighted by atomic mass is 35.5. The summed E-state index contributed by atoms with van der Waals surface area (Å²) >= 11 is 6.17. The molecule has 4 rings (SSSR count). The summed E-state index contributed by atoms with van der Waals surface area (Å²) in [6.45, 7) is 1.54. The predicted octanol–water partition coefficient (Wildman–Crippen LogP) is 4.16. The van der Waals surface area contributed by atoms with Crippen LogP contribution in [0.2, 0.25) is 5.02 Å². The van der Waals surface area contributed by atoms with Crippen molar-refractivity contribution >= 4 is 33.2 Å². The van der Waals surface area contributed by atoms with Crippen LogP contribution >= 0.6 is 11.6 Å². The van der Waals surface area contributed by atoms with Gasteiger partial charge in [-0.3, -0.25) is 9.10 Å². The molecule has 8 heteroatoms. The maximum atomic E-state index is 13.6. The van der Waals surface area contributed by atoms with Gasteiger partial charge in [0.2, 0.25) is 5.91 Å². The molecule has 2 aliphatic carbocycles. The third kappa shape index (κ3) is 4.53. The first-order valence-corrected chi connectivity index (χ1v) is 12.3. The van der Waals surface area contributed by atoms with Crippen molar-refractivity contribution in [3.8, 4) is 5.75 Å². The molecule has 0 spiro atoms. The van der Waals surface area contributed by atoms with Gasteiger partial charge in [-0.1, -0.05) is 35.7 Å². The van der Waals surface area contributed by atoms with Crippen molar-refractivity contribution in [1.82, 2.24) is 5.32 Å². The van der Waals surface area contributed by atoms with Crippen LogP contribution in [0.5, 0.6) is 5.75 Å². The summed E-state index contributed by atoms with van der Waals surface area (Å²) in [5.74, 6) is 1.18. The molecule has 2 bridgehead atoms. The van der Waals surface area contributed by atoms with Gasteiger partial charge in [-0.15, -0.1) is 0 Å². The van der Waals surface area contributed by atoms with E-state index in [1.165, 1.54) is 19.6 Å². The molecule has 0 aromatic heterocycles. The van der Waals surface area contributed by atoms with Gasteiger partial charge in [0.1, 0.15) is 12.3 Å². The van der Waals surface area contributed by atoms with Crippen molar-refractivity contribution in [1.29, 1.82) is 0 Å². The molecule has 3 atom stereocenters. The van der Waals surface area contributed by atoms with Crippen LogP contribution in [-0.2, 0) is 14.8 Å². The number of carbonyl (C=O) groups excluding carboxylic acids is 1. The molecule has 31 heavy (non-hydrogen) atoms. The first-order chi connectivity index (χ1) is 14.8. The Balaban J connectivity index is 1.66. The molecule has 0 aliphatic heterocycles. The second-order valence-corrected chi connectivity index (χ2v) is 10.8. The number of sulfonamides is 1. The van der Waals surface area contributed by atoms with Gasteiger partial charge in [0.15, 0.2) is 0 Å². The second-order valence-electron chi connectivity index (χ2n) is 8.49. The van der Waals surface area contributed by atoms with Crippen LogP contribution in [0.15, 0.2) is 47.4 Å². The minimum atomic E-state index is -4.03. The number of hydrogen-bond donors (Lipinski definition) is 1. The fourth-order valence-corrected chi connectivity index (χ4v) is 6.39. The van der Waals surface area contributed by atoms with Crippen LogP contribution in [0.25, 0.3) is 0 Å². The molecule has 0 radical (unpaired) electrons. The number of benzene rings is 2. The normalized spacial score (nSPS) is 22.4. The van der Waals surface area contributed by atoms with E-state index in [2.05, 4.69) is 5.32 Å². The number of hydrogen-bond acceptors (Lipinski definition) is 4. The molecular weight excluding hydrogens is 436 g/mol. The van der Waals surface area contributed by atoms with Gasteiger partial charge < -0.3 is 10.1 Å². The minimum absolute atomic E-state index is 0.104. The zero-order valence-corrected chi connectivity index (χ0v) is 19.2. The molecular formula is C23H27ClN2O4S. The van der Waals surface area contributed by atoms with Crippen molar-refractivity contribution in [2.45, 2.75) is 43.5 Å². The van der Waals surface area contributed by atoms with Gasteiger partial charge in [0, 0.05) is 11.1 Å². The topological polar surface area (TPSA) is 75.7 Å². The number of aryl methyl sites for hydroxylation is 1. The number of rotatable bonds is 7. The van der Waals surface area contributed by atoms with E-state index in [1.807, 2.05) is 6.92 Å². The smallest absolute Gasteiger partial charge is 0.264 e. The van der Waals surface area contributed by atoms with Crippen LogP contribution in [-0.4, -0.2) is 34.0 Å². The van der Waals surface area contributed by atoms with Crippen LogP contribution in [0, 0.1) is 18.8 Å². The molecule has 2 aromatic carbocycles. The summed E-state index contributed by atoms with van der Waals surface area (Å²) in [5.41, 5.74) is 1.18. The molecule has 1 amide bonds. The molecule has 0 saturated heterocycles. The Morgan fingerprint density at radius 3 is 2.52 bits per heavy atom. The first kappa shape index (κ1) is 22.0. The molecule has 1 N–H and O–H groups in total. The van der Waals surface area contributed by atoms with Gasteiger partial charge in [0.05, 0.1) is 17.7 Å². The minimum Gasteiger partial charge on any atom is -0.495 e. The Labute approximate surface area is 188 Å². The molecule has 0 unspecified atom stereocenters. The number of carbonyl (C=O) groups is 1. The van der Waals surface area contributed by atoms with E-state index in [1.54, 1.807) is 36.4 Å². The Kier molecular flexibility index (Phi) is 6.17. The van der Waals surface area contributed by atoms with Crippen molar-refractivity contribution < 1.29 is 17.9 Å². The van der Waals surface area contributed by atoms with Crippen LogP contribution in [0.4, 0.5) is 5.69 Å². The lowest BCUT2D eigenvalue weighted by Gasteiger charge is -2.28. The van der Waals surface area contributed by atoms with Gasteiger partial charge in [-0.2, -0.15) is 0 Å². The third-order valence-corrected chi connectivity index (χ3v) is 8.40. The lowest BCUT2D eigenvalue weighted by Crippen LogP contribution is -2.46. The van der Waals surface area contributed by atoms with E-state index in [4.69, 9.17) is 16.3 Å². The molecule has 166 valence electrons. The highest BCUT2D eigenvalue weighted by Gasteiger charge is 2.40. The molecule has 2 aromatic rings. The standard InChI is InChI=1S/C23H27ClN2O4S/c1-15-3-8-19(9-4-15)31(28,29)26(21-13-18(24)7-10-22(21)30-2)14-23(27)25-20-12-16-5-6-17(20)11-16/h3-4,7-10,13,16-17,20H,5-6,11-12,14H2,1-2H3,(H,25,27)/t16-,17+,20+/m0/s1. The monoisotopic (exact) mass is 462 g/mol. The number of methoxy groups -OCH3 is 1. The fraction of sp³-hybridized carbons (Fsp3) is 0.435. The van der Waals surface area contributed by atoms with E-state index in [-0.39, 0.29) is 29.1 Å². The lowest BCUT2D eigenvalue weighted by atomic mass is 9.95. The Morgan fingerprint density at radius 2 is 1.90 bits per heavy atom. The number of nitrogens with zero attached hydrogens (tertiary/aromatic N) is 1. The zero-order chi connectivity index (χ0) is 22.2. The Hall–Kier alpha value is -2.25. The summed E-state index contributed by atoms with van der Waals surface area (Å²) < 4.78 is 33.6. The quantitative estimate of drug-likeness (QED) is 0.670. The first-order valence-electron chi connectivity index (χ1n) is 10.5. The number of fused-ring (bicyclic) bond motifs is 2. The van der Waals surface area contributed by atoms with Crippen LogP contribution in [0.1, 0.15) is 31.2 Å². The predicted molar refractivity (Wildman–Crippen MR) is 121 cm³/mol. The Bertz CT molecular complexity index is 1070. The van der Waals surface area contributed by atoms with Gasteiger partial charge in [-0.25, -0.2) is 8.42 Å². The van der Waals surface area contributed by atoms with Gasteiger partial charge in [0.25, 0.3) is 10.0 Å². The van der Waals surface area contributed by atoms with Crippen molar-refractivity contribution in [3.05, 3.63) is 53.1 Å². The number of anilines is 1. The van der Waals surface area contributed by atoms with Crippen molar-refractivity contribution in [2.24, 2.45) is 11.8 Å². The van der Waals surface area contributed by atoms with Gasteiger partial charge >= 0.3 is 0 Å². The highest BCUT2D eigenvalue weighted by molar-refractivity contribution is 7.92.